The first-order valence-electron chi connectivity index (χ1n) is 6.50. The average molecular weight is 299 g/mol. The van der Waals surface area contributed by atoms with Crippen LogP contribution in [0.4, 0.5) is 0 Å². The van der Waals surface area contributed by atoms with Crippen LogP contribution in [0.25, 0.3) is 0 Å². The van der Waals surface area contributed by atoms with E-state index < -0.39 is 17.4 Å². The zero-order valence-corrected chi connectivity index (χ0v) is 13.3. The van der Waals surface area contributed by atoms with Gasteiger partial charge in [0.05, 0.1) is 5.69 Å². The molecule has 7 heteroatoms. The number of rotatable bonds is 5. The van der Waals surface area contributed by atoms with E-state index in [1.807, 2.05) is 27.7 Å². The number of carboxylic acids is 1. The fourth-order valence-corrected chi connectivity index (χ4v) is 2.63. The number of aromatic nitrogens is 2. The van der Waals surface area contributed by atoms with E-state index in [4.69, 9.17) is 0 Å². The van der Waals surface area contributed by atoms with Crippen molar-refractivity contribution in [3.63, 3.8) is 0 Å². The fourth-order valence-electron chi connectivity index (χ4n) is 1.86. The van der Waals surface area contributed by atoms with Gasteiger partial charge in [0.1, 0.15) is 10.4 Å². The van der Waals surface area contributed by atoms with Gasteiger partial charge in [-0.15, -0.1) is 5.10 Å². The molecule has 0 aromatic carbocycles. The minimum absolute atomic E-state index is 0.315. The average Bonchev–Trinajstić information content (AvgIpc) is 2.77. The van der Waals surface area contributed by atoms with E-state index in [-0.39, 0.29) is 5.41 Å². The molecule has 1 aromatic rings. The SMILES string of the molecule is CCCC(C)(NC(=O)c1snnc1C(C)(C)C)C(=O)O. The summed E-state index contributed by atoms with van der Waals surface area (Å²) in [5.74, 6) is -1.47. The van der Waals surface area contributed by atoms with Crippen molar-refractivity contribution in [3.8, 4) is 0 Å². The van der Waals surface area contributed by atoms with E-state index in [0.29, 0.717) is 23.4 Å². The number of carboxylic acid groups (broad SMARTS) is 1. The Morgan fingerprint density at radius 3 is 2.35 bits per heavy atom. The van der Waals surface area contributed by atoms with Gasteiger partial charge in [0, 0.05) is 5.41 Å². The maximum atomic E-state index is 12.3. The topological polar surface area (TPSA) is 92.2 Å². The van der Waals surface area contributed by atoms with E-state index in [1.54, 1.807) is 0 Å². The highest BCUT2D eigenvalue weighted by Crippen LogP contribution is 2.26. The Morgan fingerprint density at radius 2 is 1.90 bits per heavy atom. The summed E-state index contributed by atoms with van der Waals surface area (Å²) in [4.78, 5) is 24.1. The Kier molecular flexibility index (Phi) is 4.86. The monoisotopic (exact) mass is 299 g/mol. The van der Waals surface area contributed by atoms with Crippen LogP contribution in [0.1, 0.15) is 62.8 Å². The molecular formula is C13H21N3O3S. The summed E-state index contributed by atoms with van der Waals surface area (Å²) in [5.41, 5.74) is -1.00. The third-order valence-electron chi connectivity index (χ3n) is 3.02. The smallest absolute Gasteiger partial charge is 0.329 e. The van der Waals surface area contributed by atoms with Crippen molar-refractivity contribution in [3.05, 3.63) is 10.6 Å². The van der Waals surface area contributed by atoms with Gasteiger partial charge in [0.15, 0.2) is 0 Å². The van der Waals surface area contributed by atoms with Crippen LogP contribution in [0.15, 0.2) is 0 Å². The first-order valence-corrected chi connectivity index (χ1v) is 7.28. The molecule has 112 valence electrons. The lowest BCUT2D eigenvalue weighted by molar-refractivity contribution is -0.144. The lowest BCUT2D eigenvalue weighted by Gasteiger charge is -2.26. The van der Waals surface area contributed by atoms with Gasteiger partial charge in [-0.05, 0) is 24.9 Å². The fraction of sp³-hybridized carbons (Fsp3) is 0.692. The van der Waals surface area contributed by atoms with Crippen molar-refractivity contribution in [2.45, 2.75) is 58.4 Å². The second kappa shape index (κ2) is 5.87. The van der Waals surface area contributed by atoms with Gasteiger partial charge in [-0.2, -0.15) is 0 Å². The molecule has 0 fully saturated rings. The number of carbonyl (C=O) groups excluding carboxylic acids is 1. The Morgan fingerprint density at radius 1 is 1.30 bits per heavy atom. The highest BCUT2D eigenvalue weighted by Gasteiger charge is 2.36. The van der Waals surface area contributed by atoms with E-state index in [9.17, 15) is 14.7 Å². The number of nitrogens with zero attached hydrogens (tertiary/aromatic N) is 2. The quantitative estimate of drug-likeness (QED) is 0.869. The molecule has 0 aliphatic rings. The van der Waals surface area contributed by atoms with Crippen LogP contribution < -0.4 is 5.32 Å². The summed E-state index contributed by atoms with van der Waals surface area (Å²) in [6, 6.07) is 0. The number of aliphatic carboxylic acids is 1. The maximum Gasteiger partial charge on any atom is 0.329 e. The molecule has 1 rings (SSSR count). The van der Waals surface area contributed by atoms with Gasteiger partial charge in [0.25, 0.3) is 5.91 Å². The highest BCUT2D eigenvalue weighted by atomic mass is 32.1. The molecule has 6 nitrogen and oxygen atoms in total. The number of nitrogens with one attached hydrogen (secondary N) is 1. The molecule has 0 saturated heterocycles. The van der Waals surface area contributed by atoms with Gasteiger partial charge < -0.3 is 10.4 Å². The number of amides is 1. The molecule has 0 bridgehead atoms. The zero-order chi connectivity index (χ0) is 15.6. The summed E-state index contributed by atoms with van der Waals surface area (Å²) >= 11 is 0.989. The van der Waals surface area contributed by atoms with E-state index in [1.165, 1.54) is 6.92 Å². The highest BCUT2D eigenvalue weighted by molar-refractivity contribution is 7.08. The largest absolute Gasteiger partial charge is 0.480 e. The molecule has 2 N–H and O–H groups in total. The molecule has 1 amide bonds. The minimum Gasteiger partial charge on any atom is -0.480 e. The summed E-state index contributed by atoms with van der Waals surface area (Å²) < 4.78 is 3.81. The molecule has 20 heavy (non-hydrogen) atoms. The molecule has 0 spiro atoms. The second-order valence-electron chi connectivity index (χ2n) is 6.04. The number of carbonyl (C=O) groups is 2. The van der Waals surface area contributed by atoms with Crippen molar-refractivity contribution in [2.75, 3.05) is 0 Å². The molecule has 1 heterocycles. The third kappa shape index (κ3) is 3.53. The lowest BCUT2D eigenvalue weighted by Crippen LogP contribution is -2.52. The van der Waals surface area contributed by atoms with Crippen molar-refractivity contribution in [1.82, 2.24) is 14.9 Å². The van der Waals surface area contributed by atoms with E-state index >= 15 is 0 Å². The zero-order valence-electron chi connectivity index (χ0n) is 12.5. The van der Waals surface area contributed by atoms with Gasteiger partial charge >= 0.3 is 5.97 Å². The first-order chi connectivity index (χ1) is 9.12. The molecule has 1 aromatic heterocycles. The molecule has 0 saturated carbocycles. The number of hydrogen-bond donors (Lipinski definition) is 2. The van der Waals surface area contributed by atoms with Crippen LogP contribution >= 0.6 is 11.5 Å². The normalized spacial score (nSPS) is 14.7. The predicted molar refractivity (Wildman–Crippen MR) is 77.0 cm³/mol. The Balaban J connectivity index is 3.02. The first kappa shape index (κ1) is 16.6. The summed E-state index contributed by atoms with van der Waals surface area (Å²) in [6.45, 7) is 9.19. The lowest BCUT2D eigenvalue weighted by atomic mass is 9.90. The molecule has 0 aliphatic carbocycles. The Bertz CT molecular complexity index is 507. The molecule has 0 radical (unpaired) electrons. The van der Waals surface area contributed by atoms with Gasteiger partial charge in [-0.3, -0.25) is 4.79 Å². The van der Waals surface area contributed by atoms with Crippen LogP contribution in [0.3, 0.4) is 0 Å². The van der Waals surface area contributed by atoms with Gasteiger partial charge in [0.2, 0.25) is 0 Å². The van der Waals surface area contributed by atoms with Crippen molar-refractivity contribution in [1.29, 1.82) is 0 Å². The summed E-state index contributed by atoms with van der Waals surface area (Å²) in [5, 5.41) is 15.9. The predicted octanol–water partition coefficient (Wildman–Crippen LogP) is 2.21. The molecular weight excluding hydrogens is 278 g/mol. The van der Waals surface area contributed by atoms with Crippen LogP contribution in [0.2, 0.25) is 0 Å². The minimum atomic E-state index is -1.27. The summed E-state index contributed by atoms with van der Waals surface area (Å²) in [6.07, 6.45) is 1.03. The van der Waals surface area contributed by atoms with Crippen molar-refractivity contribution >= 4 is 23.4 Å². The van der Waals surface area contributed by atoms with Crippen LogP contribution in [-0.4, -0.2) is 32.1 Å². The van der Waals surface area contributed by atoms with Crippen LogP contribution in [-0.2, 0) is 10.2 Å². The van der Waals surface area contributed by atoms with Gasteiger partial charge in [-0.1, -0.05) is 38.6 Å². The van der Waals surface area contributed by atoms with Crippen LogP contribution in [0.5, 0.6) is 0 Å². The Labute approximate surface area is 122 Å². The van der Waals surface area contributed by atoms with E-state index in [2.05, 4.69) is 14.9 Å². The van der Waals surface area contributed by atoms with Gasteiger partial charge in [-0.25, -0.2) is 4.79 Å². The Hall–Kier alpha value is -1.50. The van der Waals surface area contributed by atoms with Crippen LogP contribution in [0, 0.1) is 0 Å². The molecule has 1 atom stereocenters. The van der Waals surface area contributed by atoms with Crippen molar-refractivity contribution in [2.24, 2.45) is 0 Å². The standard InChI is InChI=1S/C13H21N3O3S/c1-6-7-13(5,11(18)19)14-10(17)8-9(12(2,3)4)15-16-20-8/h6-7H2,1-5H3,(H,14,17)(H,18,19). The van der Waals surface area contributed by atoms with Crippen molar-refractivity contribution < 1.29 is 14.7 Å². The third-order valence-corrected chi connectivity index (χ3v) is 3.74. The van der Waals surface area contributed by atoms with E-state index in [0.717, 1.165) is 11.5 Å². The maximum absolute atomic E-state index is 12.3. The molecule has 0 aliphatic heterocycles. The molecule has 1 unspecified atom stereocenters. The second-order valence-corrected chi connectivity index (χ2v) is 6.80. The summed E-state index contributed by atoms with van der Waals surface area (Å²) in [7, 11) is 0. The number of hydrogen-bond acceptors (Lipinski definition) is 5.